The zero-order valence-electron chi connectivity index (χ0n) is 12.3. The third-order valence-electron chi connectivity index (χ3n) is 3.98. The maximum Gasteiger partial charge on any atom is 0.304 e. The SMILES string of the molecule is CN(CCC(=O)O)CC(=O)NCC1(c2ccccc2)CC1. The maximum absolute atomic E-state index is 11.9. The van der Waals surface area contributed by atoms with E-state index >= 15 is 0 Å². The van der Waals surface area contributed by atoms with Gasteiger partial charge in [-0.05, 0) is 25.5 Å². The fraction of sp³-hybridized carbons (Fsp3) is 0.500. The van der Waals surface area contributed by atoms with Crippen LogP contribution in [0.3, 0.4) is 0 Å². The van der Waals surface area contributed by atoms with Crippen LogP contribution >= 0.6 is 0 Å². The molecule has 0 heterocycles. The summed E-state index contributed by atoms with van der Waals surface area (Å²) in [7, 11) is 1.76. The van der Waals surface area contributed by atoms with E-state index in [-0.39, 0.29) is 24.3 Å². The van der Waals surface area contributed by atoms with Crippen molar-refractivity contribution in [1.29, 1.82) is 0 Å². The van der Waals surface area contributed by atoms with Crippen LogP contribution < -0.4 is 5.32 Å². The fourth-order valence-corrected chi connectivity index (χ4v) is 2.44. The second-order valence-electron chi connectivity index (χ2n) is 5.80. The van der Waals surface area contributed by atoms with Crippen LogP contribution in [0.4, 0.5) is 0 Å². The number of hydrogen-bond donors (Lipinski definition) is 2. The lowest BCUT2D eigenvalue weighted by atomic mass is 9.96. The molecule has 0 saturated heterocycles. The summed E-state index contributed by atoms with van der Waals surface area (Å²) in [4.78, 5) is 24.1. The smallest absolute Gasteiger partial charge is 0.304 e. The molecule has 1 aromatic rings. The summed E-state index contributed by atoms with van der Waals surface area (Å²) in [5.74, 6) is -0.895. The van der Waals surface area contributed by atoms with Gasteiger partial charge in [0.25, 0.3) is 0 Å². The predicted octanol–water partition coefficient (Wildman–Crippen LogP) is 1.24. The van der Waals surface area contributed by atoms with E-state index in [0.717, 1.165) is 12.8 Å². The highest BCUT2D eigenvalue weighted by atomic mass is 16.4. The average Bonchev–Trinajstić information content (AvgIpc) is 3.25. The zero-order chi connectivity index (χ0) is 15.3. The molecule has 0 spiro atoms. The van der Waals surface area contributed by atoms with E-state index in [2.05, 4.69) is 17.4 Å². The lowest BCUT2D eigenvalue weighted by molar-refractivity contribution is -0.137. The molecule has 0 unspecified atom stereocenters. The van der Waals surface area contributed by atoms with Crippen molar-refractivity contribution in [3.63, 3.8) is 0 Å². The summed E-state index contributed by atoms with van der Waals surface area (Å²) in [6.07, 6.45) is 2.26. The first-order chi connectivity index (χ1) is 10.0. The quantitative estimate of drug-likeness (QED) is 0.756. The number of hydrogen-bond acceptors (Lipinski definition) is 3. The van der Waals surface area contributed by atoms with Gasteiger partial charge in [0.2, 0.25) is 5.91 Å². The van der Waals surface area contributed by atoms with E-state index in [9.17, 15) is 9.59 Å². The number of rotatable bonds is 8. The average molecular weight is 290 g/mol. The Morgan fingerprint density at radius 2 is 1.95 bits per heavy atom. The van der Waals surface area contributed by atoms with Crippen molar-refractivity contribution in [2.75, 3.05) is 26.7 Å². The Hall–Kier alpha value is -1.88. The molecule has 2 rings (SSSR count). The van der Waals surface area contributed by atoms with Crippen molar-refractivity contribution in [2.45, 2.75) is 24.7 Å². The van der Waals surface area contributed by atoms with Crippen LogP contribution in [0, 0.1) is 0 Å². The molecule has 114 valence electrons. The van der Waals surface area contributed by atoms with Crippen LogP contribution in [0.25, 0.3) is 0 Å². The summed E-state index contributed by atoms with van der Waals surface area (Å²) >= 11 is 0. The zero-order valence-corrected chi connectivity index (χ0v) is 12.3. The monoisotopic (exact) mass is 290 g/mol. The molecule has 0 radical (unpaired) electrons. The number of nitrogens with zero attached hydrogens (tertiary/aromatic N) is 1. The topological polar surface area (TPSA) is 69.6 Å². The maximum atomic E-state index is 11.9. The van der Waals surface area contributed by atoms with E-state index in [0.29, 0.717) is 13.1 Å². The highest BCUT2D eigenvalue weighted by Gasteiger charge is 2.44. The van der Waals surface area contributed by atoms with Crippen molar-refractivity contribution in [1.82, 2.24) is 10.2 Å². The van der Waals surface area contributed by atoms with Gasteiger partial charge in [-0.2, -0.15) is 0 Å². The lowest BCUT2D eigenvalue weighted by Crippen LogP contribution is -2.39. The number of carbonyl (C=O) groups is 2. The standard InChI is InChI=1S/C16H22N2O3/c1-18(10-7-15(20)21)11-14(19)17-12-16(8-9-16)13-5-3-2-4-6-13/h2-6H,7-12H2,1H3,(H,17,19)(H,20,21). The molecule has 1 aromatic carbocycles. The number of nitrogens with one attached hydrogen (secondary N) is 1. The second-order valence-corrected chi connectivity index (χ2v) is 5.80. The van der Waals surface area contributed by atoms with Gasteiger partial charge >= 0.3 is 5.97 Å². The number of likely N-dealkylation sites (N-methyl/N-ethyl adjacent to an activating group) is 1. The molecule has 0 bridgehead atoms. The largest absolute Gasteiger partial charge is 0.481 e. The van der Waals surface area contributed by atoms with Crippen LogP contribution in [-0.2, 0) is 15.0 Å². The van der Waals surface area contributed by atoms with Gasteiger partial charge in [-0.15, -0.1) is 0 Å². The number of carbonyl (C=O) groups excluding carboxylic acids is 1. The Bertz CT molecular complexity index is 498. The lowest BCUT2D eigenvalue weighted by Gasteiger charge is -2.19. The Labute approximate surface area is 125 Å². The van der Waals surface area contributed by atoms with E-state index in [1.54, 1.807) is 11.9 Å². The van der Waals surface area contributed by atoms with Crippen LogP contribution in [-0.4, -0.2) is 48.6 Å². The molecule has 0 aromatic heterocycles. The number of benzene rings is 1. The molecule has 0 atom stereocenters. The number of carboxylic acid groups (broad SMARTS) is 1. The summed E-state index contributed by atoms with van der Waals surface area (Å²) in [6.45, 7) is 1.27. The predicted molar refractivity (Wildman–Crippen MR) is 80.1 cm³/mol. The molecule has 1 aliphatic carbocycles. The molecular weight excluding hydrogens is 268 g/mol. The minimum absolute atomic E-state index is 0.0508. The summed E-state index contributed by atoms with van der Waals surface area (Å²) < 4.78 is 0. The van der Waals surface area contributed by atoms with Gasteiger partial charge < -0.3 is 10.4 Å². The summed E-state index contributed by atoms with van der Waals surface area (Å²) in [5, 5.41) is 11.6. The first-order valence-corrected chi connectivity index (χ1v) is 7.24. The highest BCUT2D eigenvalue weighted by molar-refractivity contribution is 5.78. The highest BCUT2D eigenvalue weighted by Crippen LogP contribution is 2.47. The van der Waals surface area contributed by atoms with Crippen molar-refractivity contribution >= 4 is 11.9 Å². The Balaban J connectivity index is 1.75. The third-order valence-corrected chi connectivity index (χ3v) is 3.98. The van der Waals surface area contributed by atoms with Crippen LogP contribution in [0.1, 0.15) is 24.8 Å². The molecule has 1 fully saturated rings. The molecule has 1 amide bonds. The van der Waals surface area contributed by atoms with Crippen molar-refractivity contribution < 1.29 is 14.7 Å². The molecule has 21 heavy (non-hydrogen) atoms. The number of aliphatic carboxylic acids is 1. The molecule has 2 N–H and O–H groups in total. The van der Waals surface area contributed by atoms with Crippen LogP contribution in [0.15, 0.2) is 30.3 Å². The first-order valence-electron chi connectivity index (χ1n) is 7.24. The van der Waals surface area contributed by atoms with Crippen molar-refractivity contribution in [3.05, 3.63) is 35.9 Å². The molecule has 5 nitrogen and oxygen atoms in total. The Morgan fingerprint density at radius 3 is 2.52 bits per heavy atom. The van der Waals surface area contributed by atoms with Gasteiger partial charge in [0, 0.05) is 18.5 Å². The molecule has 5 heteroatoms. The Kier molecular flexibility index (Phi) is 4.96. The fourth-order valence-electron chi connectivity index (χ4n) is 2.44. The van der Waals surface area contributed by atoms with Crippen LogP contribution in [0.2, 0.25) is 0 Å². The summed E-state index contributed by atoms with van der Waals surface area (Å²) in [6, 6.07) is 10.3. The molecule has 0 aliphatic heterocycles. The van der Waals surface area contributed by atoms with Gasteiger partial charge in [-0.1, -0.05) is 30.3 Å². The van der Waals surface area contributed by atoms with Gasteiger partial charge in [0.05, 0.1) is 13.0 Å². The normalized spacial score (nSPS) is 15.7. The van der Waals surface area contributed by atoms with Gasteiger partial charge in [-0.3, -0.25) is 14.5 Å². The van der Waals surface area contributed by atoms with Gasteiger partial charge in [-0.25, -0.2) is 0 Å². The Morgan fingerprint density at radius 1 is 1.29 bits per heavy atom. The summed E-state index contributed by atoms with van der Waals surface area (Å²) in [5.41, 5.74) is 1.39. The van der Waals surface area contributed by atoms with Crippen molar-refractivity contribution in [3.8, 4) is 0 Å². The number of amides is 1. The van der Waals surface area contributed by atoms with E-state index < -0.39 is 5.97 Å². The van der Waals surface area contributed by atoms with Crippen molar-refractivity contribution in [2.24, 2.45) is 0 Å². The van der Waals surface area contributed by atoms with Gasteiger partial charge in [0.15, 0.2) is 0 Å². The minimum atomic E-state index is -0.844. The first kappa shape index (κ1) is 15.5. The van der Waals surface area contributed by atoms with E-state index in [1.807, 2.05) is 18.2 Å². The van der Waals surface area contributed by atoms with E-state index in [4.69, 9.17) is 5.11 Å². The third kappa shape index (κ3) is 4.56. The van der Waals surface area contributed by atoms with Crippen LogP contribution in [0.5, 0.6) is 0 Å². The van der Waals surface area contributed by atoms with Gasteiger partial charge in [0.1, 0.15) is 0 Å². The number of carboxylic acids is 1. The van der Waals surface area contributed by atoms with E-state index in [1.165, 1.54) is 5.56 Å². The molecular formula is C16H22N2O3. The molecule has 1 saturated carbocycles. The second kappa shape index (κ2) is 6.72. The minimum Gasteiger partial charge on any atom is -0.481 e. The molecule has 1 aliphatic rings.